The number of hydrogen-bond acceptors (Lipinski definition) is 1. The predicted octanol–water partition coefficient (Wildman–Crippen LogP) is 4.15. The van der Waals surface area contributed by atoms with Gasteiger partial charge in [-0.05, 0) is 34.8 Å². The van der Waals surface area contributed by atoms with Crippen LogP contribution in [0.1, 0.15) is 37.7 Å². The summed E-state index contributed by atoms with van der Waals surface area (Å²) in [6, 6.07) is 1.05. The zero-order valence-corrected chi connectivity index (χ0v) is 11.6. The summed E-state index contributed by atoms with van der Waals surface area (Å²) in [6.07, 6.45) is 2.58. The van der Waals surface area contributed by atoms with Crippen LogP contribution in [0.5, 0.6) is 0 Å². The van der Waals surface area contributed by atoms with Crippen molar-refractivity contribution in [1.82, 2.24) is 0 Å². The van der Waals surface area contributed by atoms with Crippen molar-refractivity contribution in [3.05, 3.63) is 33.6 Å². The van der Waals surface area contributed by atoms with Gasteiger partial charge in [0.1, 0.15) is 0 Å². The van der Waals surface area contributed by atoms with Crippen molar-refractivity contribution in [2.24, 2.45) is 0 Å². The van der Waals surface area contributed by atoms with Crippen molar-refractivity contribution in [3.8, 4) is 0 Å². The van der Waals surface area contributed by atoms with E-state index in [9.17, 15) is 23.1 Å². The topological polar surface area (TPSA) is 37.3 Å². The zero-order chi connectivity index (χ0) is 14.2. The standard InChI is InChI=1S/C13H12BrF3O2/c14-8-6-7(9(15)11(17)10(8)16)13(12(18)19)4-2-1-3-5-13/h6H,1-5H2,(H,18,19). The maximum Gasteiger partial charge on any atom is 0.314 e. The van der Waals surface area contributed by atoms with E-state index >= 15 is 0 Å². The molecule has 1 saturated carbocycles. The van der Waals surface area contributed by atoms with Gasteiger partial charge in [0, 0.05) is 5.56 Å². The fourth-order valence-corrected chi connectivity index (χ4v) is 3.08. The molecule has 2 rings (SSSR count). The highest BCUT2D eigenvalue weighted by molar-refractivity contribution is 9.10. The van der Waals surface area contributed by atoms with Gasteiger partial charge < -0.3 is 5.11 Å². The van der Waals surface area contributed by atoms with Crippen LogP contribution in [-0.4, -0.2) is 11.1 Å². The third-order valence-corrected chi connectivity index (χ3v) is 4.31. The van der Waals surface area contributed by atoms with Gasteiger partial charge in [0.15, 0.2) is 17.5 Å². The van der Waals surface area contributed by atoms with Crippen molar-refractivity contribution in [2.75, 3.05) is 0 Å². The zero-order valence-electron chi connectivity index (χ0n) is 9.98. The van der Waals surface area contributed by atoms with E-state index in [1.165, 1.54) is 0 Å². The minimum Gasteiger partial charge on any atom is -0.481 e. The summed E-state index contributed by atoms with van der Waals surface area (Å²) in [6.45, 7) is 0. The van der Waals surface area contributed by atoms with Gasteiger partial charge in [-0.15, -0.1) is 0 Å². The number of benzene rings is 1. The predicted molar refractivity (Wildman–Crippen MR) is 66.4 cm³/mol. The Labute approximate surface area is 116 Å². The van der Waals surface area contributed by atoms with Crippen LogP contribution in [0, 0.1) is 17.5 Å². The van der Waals surface area contributed by atoms with Crippen molar-refractivity contribution in [1.29, 1.82) is 0 Å². The van der Waals surface area contributed by atoms with Gasteiger partial charge in [-0.25, -0.2) is 13.2 Å². The van der Waals surface area contributed by atoms with Gasteiger partial charge in [0.05, 0.1) is 9.89 Å². The van der Waals surface area contributed by atoms with Gasteiger partial charge in [-0.2, -0.15) is 0 Å². The lowest BCUT2D eigenvalue weighted by Gasteiger charge is -2.34. The highest BCUT2D eigenvalue weighted by Crippen LogP contribution is 2.42. The van der Waals surface area contributed by atoms with E-state index in [-0.39, 0.29) is 22.9 Å². The third kappa shape index (κ3) is 2.26. The maximum absolute atomic E-state index is 13.9. The van der Waals surface area contributed by atoms with Crippen molar-refractivity contribution in [2.45, 2.75) is 37.5 Å². The molecule has 1 N–H and O–H groups in total. The molecule has 1 aliphatic carbocycles. The molecule has 19 heavy (non-hydrogen) atoms. The molecule has 0 aromatic heterocycles. The van der Waals surface area contributed by atoms with Crippen LogP contribution in [0.25, 0.3) is 0 Å². The third-order valence-electron chi connectivity index (χ3n) is 3.73. The summed E-state index contributed by atoms with van der Waals surface area (Å²) in [5.41, 5.74) is -1.73. The van der Waals surface area contributed by atoms with Crippen LogP contribution >= 0.6 is 15.9 Å². The van der Waals surface area contributed by atoms with Gasteiger partial charge in [0.25, 0.3) is 0 Å². The molecule has 104 valence electrons. The Morgan fingerprint density at radius 1 is 1.11 bits per heavy atom. The van der Waals surface area contributed by atoms with E-state index in [1.54, 1.807) is 0 Å². The van der Waals surface area contributed by atoms with Crippen LogP contribution in [0.2, 0.25) is 0 Å². The summed E-state index contributed by atoms with van der Waals surface area (Å²) in [4.78, 5) is 11.5. The molecule has 1 fully saturated rings. The molecule has 0 bridgehead atoms. The SMILES string of the molecule is O=C(O)C1(c2cc(Br)c(F)c(F)c2F)CCCCC1. The van der Waals surface area contributed by atoms with Crippen LogP contribution < -0.4 is 0 Å². The quantitative estimate of drug-likeness (QED) is 0.650. The first-order chi connectivity index (χ1) is 8.90. The summed E-state index contributed by atoms with van der Waals surface area (Å²) >= 11 is 2.80. The second kappa shape index (κ2) is 5.15. The summed E-state index contributed by atoms with van der Waals surface area (Å²) in [7, 11) is 0. The number of carboxylic acids is 1. The van der Waals surface area contributed by atoms with Gasteiger partial charge in [-0.1, -0.05) is 19.3 Å². The molecule has 0 radical (unpaired) electrons. The molecule has 1 aromatic carbocycles. The van der Waals surface area contributed by atoms with E-state index in [0.717, 1.165) is 12.5 Å². The van der Waals surface area contributed by atoms with Crippen LogP contribution in [0.3, 0.4) is 0 Å². The smallest absolute Gasteiger partial charge is 0.314 e. The molecule has 0 aliphatic heterocycles. The Hall–Kier alpha value is -1.04. The number of halogens is 4. The number of aliphatic carboxylic acids is 1. The van der Waals surface area contributed by atoms with Crippen molar-refractivity contribution < 1.29 is 23.1 Å². The first kappa shape index (κ1) is 14.4. The fraction of sp³-hybridized carbons (Fsp3) is 0.462. The molecular formula is C13H12BrF3O2. The Balaban J connectivity index is 2.64. The first-order valence-corrected chi connectivity index (χ1v) is 6.76. The van der Waals surface area contributed by atoms with Crippen molar-refractivity contribution in [3.63, 3.8) is 0 Å². The number of hydrogen-bond donors (Lipinski definition) is 1. The number of rotatable bonds is 2. The second-order valence-electron chi connectivity index (χ2n) is 4.80. The molecule has 0 spiro atoms. The first-order valence-electron chi connectivity index (χ1n) is 5.97. The average Bonchev–Trinajstić information content (AvgIpc) is 2.41. The largest absolute Gasteiger partial charge is 0.481 e. The van der Waals surface area contributed by atoms with Gasteiger partial charge in [0.2, 0.25) is 0 Å². The lowest BCUT2D eigenvalue weighted by atomic mass is 9.69. The molecular weight excluding hydrogens is 325 g/mol. The molecule has 2 nitrogen and oxygen atoms in total. The maximum atomic E-state index is 13.9. The Morgan fingerprint density at radius 2 is 1.68 bits per heavy atom. The molecule has 0 heterocycles. The summed E-state index contributed by atoms with van der Waals surface area (Å²) < 4.78 is 40.4. The molecule has 1 aromatic rings. The van der Waals surface area contributed by atoms with E-state index in [1.807, 2.05) is 0 Å². The summed E-state index contributed by atoms with van der Waals surface area (Å²) in [5, 5.41) is 9.42. The molecule has 6 heteroatoms. The minimum absolute atomic E-state index is 0.233. The molecule has 0 amide bonds. The highest BCUT2D eigenvalue weighted by Gasteiger charge is 2.44. The molecule has 0 saturated heterocycles. The monoisotopic (exact) mass is 336 g/mol. The van der Waals surface area contributed by atoms with Gasteiger partial charge >= 0.3 is 5.97 Å². The summed E-state index contributed by atoms with van der Waals surface area (Å²) in [5.74, 6) is -5.55. The van der Waals surface area contributed by atoms with Crippen LogP contribution in [0.15, 0.2) is 10.5 Å². The Morgan fingerprint density at radius 3 is 2.21 bits per heavy atom. The van der Waals surface area contributed by atoms with E-state index in [0.29, 0.717) is 12.8 Å². The lowest BCUT2D eigenvalue weighted by Crippen LogP contribution is -2.39. The van der Waals surface area contributed by atoms with E-state index < -0.39 is 28.8 Å². The highest BCUT2D eigenvalue weighted by atomic mass is 79.9. The second-order valence-corrected chi connectivity index (χ2v) is 5.65. The number of carboxylic acid groups (broad SMARTS) is 1. The Kier molecular flexibility index (Phi) is 3.90. The minimum atomic E-state index is -1.63. The number of carbonyl (C=O) groups is 1. The normalized spacial score (nSPS) is 18.3. The van der Waals surface area contributed by atoms with E-state index in [4.69, 9.17) is 0 Å². The Bertz CT molecular complexity index is 525. The molecule has 0 unspecified atom stereocenters. The lowest BCUT2D eigenvalue weighted by molar-refractivity contribution is -0.145. The van der Waals surface area contributed by atoms with Crippen LogP contribution in [-0.2, 0) is 10.2 Å². The van der Waals surface area contributed by atoms with Crippen molar-refractivity contribution >= 4 is 21.9 Å². The molecule has 1 aliphatic rings. The van der Waals surface area contributed by atoms with E-state index in [2.05, 4.69) is 15.9 Å². The van der Waals surface area contributed by atoms with Gasteiger partial charge in [-0.3, -0.25) is 4.79 Å². The van der Waals surface area contributed by atoms with Crippen LogP contribution in [0.4, 0.5) is 13.2 Å². The fourth-order valence-electron chi connectivity index (χ4n) is 2.67. The molecule has 0 atom stereocenters. The average molecular weight is 337 g/mol.